The first kappa shape index (κ1) is 45.4. The minimum absolute atomic E-state index is 1.07. The van der Waals surface area contributed by atoms with Gasteiger partial charge >= 0.3 is 0 Å². The maximum Gasteiger partial charge on any atom is 0.0548 e. The molecule has 0 atom stereocenters. The average molecular weight is 1070 g/mol. The zero-order valence-electron chi connectivity index (χ0n) is 45.4. The molecule has 0 amide bonds. The lowest BCUT2D eigenvalue weighted by molar-refractivity contribution is 1.10. The van der Waals surface area contributed by atoms with Crippen molar-refractivity contribution in [1.82, 2.24) is 27.4 Å². The number of fused-ring (bicyclic) bond motifs is 18. The average Bonchev–Trinajstić information content (AvgIpc) is 1.84. The SMILES string of the molecule is c1ccc(-n2c3ccccc3c3cc4c(cc32)c2ccccc2n4-c2cc(-n3c4ccccc4c4cc5c(cc43)c3ccccc3n5-c3ccccc3)cc(-n3c4ccccc4c4cc5c(cc43)c3ccccc3n5-c3ccccc3)c2)cc1. The van der Waals surface area contributed by atoms with Crippen LogP contribution in [-0.4, -0.2) is 27.4 Å². The van der Waals surface area contributed by atoms with Gasteiger partial charge in [0.1, 0.15) is 0 Å². The van der Waals surface area contributed by atoms with E-state index in [0.29, 0.717) is 0 Å². The summed E-state index contributed by atoms with van der Waals surface area (Å²) in [5, 5.41) is 14.5. The quantitative estimate of drug-likeness (QED) is 0.159. The lowest BCUT2D eigenvalue weighted by atomic mass is 10.1. The molecule has 0 unspecified atom stereocenters. The third-order valence-electron chi connectivity index (χ3n) is 18.1. The van der Waals surface area contributed by atoms with E-state index in [2.05, 4.69) is 319 Å². The molecule has 6 aromatic heterocycles. The van der Waals surface area contributed by atoms with Gasteiger partial charge in [-0.15, -0.1) is 0 Å². The lowest BCUT2D eigenvalue weighted by Crippen LogP contribution is -2.03. The Hall–Kier alpha value is -11.3. The van der Waals surface area contributed by atoms with E-state index >= 15 is 0 Å². The summed E-state index contributed by atoms with van der Waals surface area (Å²) >= 11 is 0. The van der Waals surface area contributed by atoms with Crippen LogP contribution in [0.4, 0.5) is 0 Å². The molecule has 6 heterocycles. The molecule has 0 N–H and O–H groups in total. The normalized spacial score (nSPS) is 12.3. The Balaban J connectivity index is 0.955. The first-order valence-electron chi connectivity index (χ1n) is 28.9. The molecule has 84 heavy (non-hydrogen) atoms. The van der Waals surface area contributed by atoms with Crippen LogP contribution in [0.5, 0.6) is 0 Å². The molecule has 0 fully saturated rings. The molecule has 0 saturated heterocycles. The van der Waals surface area contributed by atoms with E-state index in [4.69, 9.17) is 0 Å². The van der Waals surface area contributed by atoms with Crippen LogP contribution in [-0.2, 0) is 0 Å². The van der Waals surface area contributed by atoms with Crippen LogP contribution in [0.25, 0.3) is 165 Å². The van der Waals surface area contributed by atoms with Gasteiger partial charge in [0.05, 0.1) is 83.3 Å². The van der Waals surface area contributed by atoms with Crippen molar-refractivity contribution in [3.8, 4) is 34.1 Å². The molecular formula is C78H48N6. The molecule has 6 heteroatoms. The van der Waals surface area contributed by atoms with E-state index in [0.717, 1.165) is 67.2 Å². The highest BCUT2D eigenvalue weighted by molar-refractivity contribution is 6.22. The number of hydrogen-bond acceptors (Lipinski definition) is 0. The van der Waals surface area contributed by atoms with Gasteiger partial charge in [0.25, 0.3) is 0 Å². The summed E-state index contributed by atoms with van der Waals surface area (Å²) in [6.07, 6.45) is 0. The molecule has 0 aliphatic heterocycles. The van der Waals surface area contributed by atoms with E-state index in [1.807, 2.05) is 0 Å². The summed E-state index contributed by atoms with van der Waals surface area (Å²) in [5.74, 6) is 0. The number of para-hydroxylation sites is 9. The van der Waals surface area contributed by atoms with Gasteiger partial charge in [0, 0.05) is 81.7 Å². The first-order chi connectivity index (χ1) is 41.7. The number of hydrogen-bond donors (Lipinski definition) is 0. The summed E-state index contributed by atoms with van der Waals surface area (Å²) in [6.45, 7) is 0. The summed E-state index contributed by atoms with van der Waals surface area (Å²) in [5.41, 5.74) is 20.6. The highest BCUT2D eigenvalue weighted by Crippen LogP contribution is 2.45. The second kappa shape index (κ2) is 17.1. The van der Waals surface area contributed by atoms with E-state index in [9.17, 15) is 0 Å². The van der Waals surface area contributed by atoms with Crippen molar-refractivity contribution < 1.29 is 0 Å². The molecular weight excluding hydrogens is 1020 g/mol. The Morgan fingerprint density at radius 3 is 0.488 bits per heavy atom. The van der Waals surface area contributed by atoms with Crippen molar-refractivity contribution in [2.24, 2.45) is 0 Å². The zero-order valence-corrected chi connectivity index (χ0v) is 45.4. The van der Waals surface area contributed by atoms with Gasteiger partial charge in [0.2, 0.25) is 0 Å². The topological polar surface area (TPSA) is 29.6 Å². The fourth-order valence-corrected chi connectivity index (χ4v) is 14.7. The van der Waals surface area contributed by atoms with E-state index in [1.165, 1.54) is 97.7 Å². The molecule has 19 rings (SSSR count). The molecule has 390 valence electrons. The van der Waals surface area contributed by atoms with Gasteiger partial charge in [-0.2, -0.15) is 0 Å². The van der Waals surface area contributed by atoms with Crippen molar-refractivity contribution in [2.45, 2.75) is 0 Å². The summed E-state index contributed by atoms with van der Waals surface area (Å²) in [7, 11) is 0. The van der Waals surface area contributed by atoms with Crippen molar-refractivity contribution in [1.29, 1.82) is 0 Å². The van der Waals surface area contributed by atoms with Crippen LogP contribution < -0.4 is 0 Å². The predicted molar refractivity (Wildman–Crippen MR) is 352 cm³/mol. The molecule has 0 spiro atoms. The minimum Gasteiger partial charge on any atom is -0.309 e. The second-order valence-electron chi connectivity index (χ2n) is 22.5. The van der Waals surface area contributed by atoms with E-state index < -0.39 is 0 Å². The van der Waals surface area contributed by atoms with Crippen LogP contribution >= 0.6 is 0 Å². The minimum atomic E-state index is 1.07. The number of rotatable bonds is 6. The summed E-state index contributed by atoms with van der Waals surface area (Å²) in [6, 6.07) is 108. The molecule has 0 radical (unpaired) electrons. The molecule has 0 aliphatic rings. The van der Waals surface area contributed by atoms with Crippen molar-refractivity contribution in [3.05, 3.63) is 291 Å². The van der Waals surface area contributed by atoms with Gasteiger partial charge in [-0.3, -0.25) is 0 Å². The standard InChI is InChI=1S/C78H48N6/c1-4-22-49(23-5-1)79-67-34-16-10-28-55(67)61-46-76-64(43-73(61)79)58-31-13-19-37-70(58)82(76)52-40-53(83-71-38-20-14-32-59(71)65-44-74-62(47-77(65)83)56-29-11-17-35-68(56)80(74)50-24-6-2-7-25-50)42-54(41-52)84-72-39-21-15-33-60(72)66-45-75-63(48-78(66)84)57-30-12-18-36-69(57)81(75)51-26-8-3-9-27-51/h1-48H. The molecule has 0 saturated carbocycles. The van der Waals surface area contributed by atoms with Crippen LogP contribution in [0.2, 0.25) is 0 Å². The van der Waals surface area contributed by atoms with E-state index in [1.54, 1.807) is 0 Å². The Labute approximate surface area is 480 Å². The second-order valence-corrected chi connectivity index (χ2v) is 22.5. The highest BCUT2D eigenvalue weighted by Gasteiger charge is 2.25. The number of nitrogens with zero attached hydrogens (tertiary/aromatic N) is 6. The van der Waals surface area contributed by atoms with Gasteiger partial charge in [-0.05, 0) is 127 Å². The molecule has 6 nitrogen and oxygen atoms in total. The smallest absolute Gasteiger partial charge is 0.0548 e. The van der Waals surface area contributed by atoms with Gasteiger partial charge < -0.3 is 27.4 Å². The Morgan fingerprint density at radius 2 is 0.286 bits per heavy atom. The van der Waals surface area contributed by atoms with Gasteiger partial charge in [0.15, 0.2) is 0 Å². The maximum atomic E-state index is 2.53. The van der Waals surface area contributed by atoms with Crippen LogP contribution in [0.3, 0.4) is 0 Å². The summed E-state index contributed by atoms with van der Waals surface area (Å²) in [4.78, 5) is 0. The molecule has 0 aliphatic carbocycles. The Morgan fingerprint density at radius 1 is 0.119 bits per heavy atom. The van der Waals surface area contributed by atoms with Crippen LogP contribution in [0.15, 0.2) is 291 Å². The van der Waals surface area contributed by atoms with Gasteiger partial charge in [-0.25, -0.2) is 0 Å². The number of benzene rings is 13. The zero-order chi connectivity index (χ0) is 54.7. The van der Waals surface area contributed by atoms with Crippen molar-refractivity contribution in [3.63, 3.8) is 0 Å². The van der Waals surface area contributed by atoms with Crippen molar-refractivity contribution >= 4 is 131 Å². The van der Waals surface area contributed by atoms with E-state index in [-0.39, 0.29) is 0 Å². The molecule has 13 aromatic carbocycles. The van der Waals surface area contributed by atoms with Crippen molar-refractivity contribution in [2.75, 3.05) is 0 Å². The molecule has 19 aromatic rings. The molecule has 0 bridgehead atoms. The fraction of sp³-hybridized carbons (Fsp3) is 0. The highest BCUT2D eigenvalue weighted by atomic mass is 15.1. The number of aromatic nitrogens is 6. The lowest BCUT2D eigenvalue weighted by Gasteiger charge is -2.17. The van der Waals surface area contributed by atoms with Crippen LogP contribution in [0, 0.1) is 0 Å². The monoisotopic (exact) mass is 1070 g/mol. The Kier molecular flexibility index (Phi) is 9.24. The third kappa shape index (κ3) is 6.23. The van der Waals surface area contributed by atoms with Crippen LogP contribution in [0.1, 0.15) is 0 Å². The first-order valence-corrected chi connectivity index (χ1v) is 28.9. The third-order valence-corrected chi connectivity index (χ3v) is 18.1. The summed E-state index contributed by atoms with van der Waals surface area (Å²) < 4.78 is 14.9. The maximum absolute atomic E-state index is 2.53. The largest absolute Gasteiger partial charge is 0.309 e. The fourth-order valence-electron chi connectivity index (χ4n) is 14.7. The predicted octanol–water partition coefficient (Wildman–Crippen LogP) is 20.3. The Bertz CT molecular complexity index is 5370. The van der Waals surface area contributed by atoms with Gasteiger partial charge in [-0.1, -0.05) is 164 Å².